The molecule has 2 rings (SSSR count). The van der Waals surface area contributed by atoms with Crippen molar-refractivity contribution in [3.05, 3.63) is 58.7 Å². The van der Waals surface area contributed by atoms with Crippen LogP contribution in [0.1, 0.15) is 29.2 Å². The fraction of sp³-hybridized carbons (Fsp3) is 0.316. The highest BCUT2D eigenvalue weighted by molar-refractivity contribution is 5.85. The number of nitrogens with one attached hydrogen (secondary N) is 1. The monoisotopic (exact) mass is 313 g/mol. The van der Waals surface area contributed by atoms with E-state index in [9.17, 15) is 4.79 Å². The van der Waals surface area contributed by atoms with Gasteiger partial charge in [-0.2, -0.15) is 0 Å². The van der Waals surface area contributed by atoms with Crippen molar-refractivity contribution in [2.24, 2.45) is 0 Å². The van der Waals surface area contributed by atoms with E-state index in [0.29, 0.717) is 18.9 Å². The number of para-hydroxylation sites is 1. The molecule has 0 spiro atoms. The molecule has 1 N–H and O–H groups in total. The van der Waals surface area contributed by atoms with Gasteiger partial charge in [0.05, 0.1) is 12.3 Å². The lowest BCUT2D eigenvalue weighted by Gasteiger charge is -2.14. The van der Waals surface area contributed by atoms with Crippen LogP contribution in [0.5, 0.6) is 5.75 Å². The van der Waals surface area contributed by atoms with Crippen molar-refractivity contribution in [2.75, 3.05) is 11.9 Å². The second-order valence-corrected chi connectivity index (χ2v) is 5.49. The Kier molecular flexibility index (Phi) is 5.63. The van der Waals surface area contributed by atoms with Gasteiger partial charge >= 0.3 is 6.09 Å². The molecular formula is C19H23NO3. The molecule has 4 heteroatoms. The Balaban J connectivity index is 2.12. The zero-order chi connectivity index (χ0) is 16.8. The number of benzene rings is 2. The lowest BCUT2D eigenvalue weighted by atomic mass is 10.1. The molecule has 0 radical (unpaired) electrons. The van der Waals surface area contributed by atoms with Gasteiger partial charge in [0.15, 0.2) is 0 Å². The van der Waals surface area contributed by atoms with Crippen molar-refractivity contribution in [3.8, 4) is 5.75 Å². The Morgan fingerprint density at radius 3 is 2.48 bits per heavy atom. The summed E-state index contributed by atoms with van der Waals surface area (Å²) in [5.74, 6) is 0.860. The van der Waals surface area contributed by atoms with Gasteiger partial charge in [-0.05, 0) is 56.5 Å². The first-order valence-corrected chi connectivity index (χ1v) is 7.73. The maximum absolute atomic E-state index is 11.6. The van der Waals surface area contributed by atoms with Crippen LogP contribution in [0.25, 0.3) is 0 Å². The molecule has 0 aliphatic carbocycles. The number of amides is 1. The van der Waals surface area contributed by atoms with Crippen molar-refractivity contribution >= 4 is 11.8 Å². The van der Waals surface area contributed by atoms with Crippen LogP contribution < -0.4 is 10.1 Å². The molecule has 0 fully saturated rings. The predicted octanol–water partition coefficient (Wildman–Crippen LogP) is 4.76. The molecule has 2 aromatic rings. The Morgan fingerprint density at radius 2 is 1.74 bits per heavy atom. The minimum absolute atomic E-state index is 0.340. The molecule has 0 bridgehead atoms. The van der Waals surface area contributed by atoms with Crippen LogP contribution in [0.2, 0.25) is 0 Å². The Hall–Kier alpha value is -2.49. The zero-order valence-corrected chi connectivity index (χ0v) is 14.1. The van der Waals surface area contributed by atoms with Gasteiger partial charge in [0, 0.05) is 5.56 Å². The number of hydrogen-bond donors (Lipinski definition) is 1. The normalized spacial score (nSPS) is 10.3. The number of rotatable bonds is 5. The standard InChI is InChI=1S/C19H23NO3/c1-5-22-19(21)20-17-9-7-6-8-16(17)12-23-18-11-14(3)13(2)10-15(18)4/h6-11H,5,12H2,1-4H3,(H,20,21). The maximum Gasteiger partial charge on any atom is 0.411 e. The lowest BCUT2D eigenvalue weighted by Crippen LogP contribution is -2.15. The smallest absolute Gasteiger partial charge is 0.411 e. The fourth-order valence-corrected chi connectivity index (χ4v) is 2.29. The van der Waals surface area contributed by atoms with Crippen LogP contribution in [0.3, 0.4) is 0 Å². The van der Waals surface area contributed by atoms with Crippen molar-refractivity contribution in [1.82, 2.24) is 0 Å². The number of ether oxygens (including phenoxy) is 2. The maximum atomic E-state index is 11.6. The fourth-order valence-electron chi connectivity index (χ4n) is 2.29. The zero-order valence-electron chi connectivity index (χ0n) is 14.1. The van der Waals surface area contributed by atoms with E-state index in [-0.39, 0.29) is 0 Å². The molecule has 4 nitrogen and oxygen atoms in total. The Morgan fingerprint density at radius 1 is 1.04 bits per heavy atom. The molecule has 0 saturated carbocycles. The largest absolute Gasteiger partial charge is 0.489 e. The summed E-state index contributed by atoms with van der Waals surface area (Å²) in [6.45, 7) is 8.68. The van der Waals surface area contributed by atoms with E-state index in [1.54, 1.807) is 6.92 Å². The van der Waals surface area contributed by atoms with E-state index in [1.807, 2.05) is 37.3 Å². The minimum Gasteiger partial charge on any atom is -0.489 e. The van der Waals surface area contributed by atoms with Crippen molar-refractivity contribution < 1.29 is 14.3 Å². The van der Waals surface area contributed by atoms with Crippen molar-refractivity contribution in [1.29, 1.82) is 0 Å². The molecule has 0 heterocycles. The van der Waals surface area contributed by atoms with Gasteiger partial charge in [-0.25, -0.2) is 4.79 Å². The highest BCUT2D eigenvalue weighted by Crippen LogP contribution is 2.24. The van der Waals surface area contributed by atoms with Crippen LogP contribution in [0.4, 0.5) is 10.5 Å². The number of aryl methyl sites for hydroxylation is 3. The molecule has 0 unspecified atom stereocenters. The van der Waals surface area contributed by atoms with Gasteiger partial charge < -0.3 is 9.47 Å². The molecular weight excluding hydrogens is 290 g/mol. The van der Waals surface area contributed by atoms with Gasteiger partial charge in [0.25, 0.3) is 0 Å². The summed E-state index contributed by atoms with van der Waals surface area (Å²) in [6.07, 6.45) is -0.456. The summed E-state index contributed by atoms with van der Waals surface area (Å²) in [5.41, 5.74) is 5.15. The van der Waals surface area contributed by atoms with Crippen molar-refractivity contribution in [3.63, 3.8) is 0 Å². The molecule has 0 saturated heterocycles. The molecule has 122 valence electrons. The van der Waals surface area contributed by atoms with Crippen LogP contribution in [0, 0.1) is 20.8 Å². The Labute approximate surface area is 137 Å². The predicted molar refractivity (Wildman–Crippen MR) is 92.1 cm³/mol. The third kappa shape index (κ3) is 4.49. The second-order valence-electron chi connectivity index (χ2n) is 5.49. The molecule has 0 aromatic heterocycles. The number of hydrogen-bond acceptors (Lipinski definition) is 3. The minimum atomic E-state index is -0.456. The average molecular weight is 313 g/mol. The van der Waals surface area contributed by atoms with Gasteiger partial charge in [-0.3, -0.25) is 5.32 Å². The summed E-state index contributed by atoms with van der Waals surface area (Å²) in [4.78, 5) is 11.6. The molecule has 0 aliphatic heterocycles. The highest BCUT2D eigenvalue weighted by atomic mass is 16.5. The highest BCUT2D eigenvalue weighted by Gasteiger charge is 2.09. The van der Waals surface area contributed by atoms with E-state index >= 15 is 0 Å². The van der Waals surface area contributed by atoms with Crippen LogP contribution in [0.15, 0.2) is 36.4 Å². The van der Waals surface area contributed by atoms with Crippen LogP contribution >= 0.6 is 0 Å². The molecule has 23 heavy (non-hydrogen) atoms. The summed E-state index contributed by atoms with van der Waals surface area (Å²) in [7, 11) is 0. The molecule has 1 amide bonds. The summed E-state index contributed by atoms with van der Waals surface area (Å²) in [6, 6.07) is 11.7. The van der Waals surface area contributed by atoms with Crippen LogP contribution in [-0.2, 0) is 11.3 Å². The third-order valence-corrected chi connectivity index (χ3v) is 3.70. The first-order valence-electron chi connectivity index (χ1n) is 7.73. The quantitative estimate of drug-likeness (QED) is 0.865. The average Bonchev–Trinajstić information content (AvgIpc) is 2.51. The number of carbonyl (C=O) groups excluding carboxylic acids is 1. The number of anilines is 1. The van der Waals surface area contributed by atoms with Gasteiger partial charge in [0.2, 0.25) is 0 Å². The van der Waals surface area contributed by atoms with E-state index in [1.165, 1.54) is 11.1 Å². The topological polar surface area (TPSA) is 47.6 Å². The SMILES string of the molecule is CCOC(=O)Nc1ccccc1COc1cc(C)c(C)cc1C. The third-order valence-electron chi connectivity index (χ3n) is 3.70. The van der Waals surface area contributed by atoms with E-state index < -0.39 is 6.09 Å². The van der Waals surface area contributed by atoms with Gasteiger partial charge in [-0.1, -0.05) is 24.3 Å². The van der Waals surface area contributed by atoms with Gasteiger partial charge in [0.1, 0.15) is 12.4 Å². The first-order chi connectivity index (χ1) is 11.0. The summed E-state index contributed by atoms with van der Waals surface area (Å²) < 4.78 is 10.9. The second kappa shape index (κ2) is 7.68. The number of carbonyl (C=O) groups is 1. The van der Waals surface area contributed by atoms with E-state index in [2.05, 4.69) is 25.2 Å². The van der Waals surface area contributed by atoms with Gasteiger partial charge in [-0.15, -0.1) is 0 Å². The first kappa shape index (κ1) is 16.9. The van der Waals surface area contributed by atoms with E-state index in [4.69, 9.17) is 9.47 Å². The van der Waals surface area contributed by atoms with E-state index in [0.717, 1.165) is 16.9 Å². The summed E-state index contributed by atoms with van der Waals surface area (Å²) >= 11 is 0. The summed E-state index contributed by atoms with van der Waals surface area (Å²) in [5, 5.41) is 2.74. The Bertz CT molecular complexity index is 695. The molecule has 2 aromatic carbocycles. The molecule has 0 aliphatic rings. The lowest BCUT2D eigenvalue weighted by molar-refractivity contribution is 0.168. The van der Waals surface area contributed by atoms with Crippen molar-refractivity contribution in [2.45, 2.75) is 34.3 Å². The van der Waals surface area contributed by atoms with Crippen LogP contribution in [-0.4, -0.2) is 12.7 Å². The molecule has 0 atom stereocenters.